The molecule has 57 heavy (non-hydrogen) atoms. The van der Waals surface area contributed by atoms with E-state index in [4.69, 9.17) is 14.7 Å². The van der Waals surface area contributed by atoms with Crippen LogP contribution < -0.4 is 0 Å². The summed E-state index contributed by atoms with van der Waals surface area (Å²) in [6, 6.07) is 64.7. The molecule has 0 spiro atoms. The second-order valence-corrected chi connectivity index (χ2v) is 15.8. The first kappa shape index (κ1) is 32.1. The van der Waals surface area contributed by atoms with Gasteiger partial charge in [-0.3, -0.25) is 4.99 Å². The Bertz CT molecular complexity index is 3420. The summed E-state index contributed by atoms with van der Waals surface area (Å²) in [5.41, 5.74) is 12.5. The van der Waals surface area contributed by atoms with Crippen LogP contribution in [0.2, 0.25) is 0 Å². The van der Waals surface area contributed by atoms with Crippen molar-refractivity contribution in [1.82, 2.24) is 4.57 Å². The highest BCUT2D eigenvalue weighted by molar-refractivity contribution is 7.25. The predicted molar refractivity (Wildman–Crippen MR) is 240 cm³/mol. The van der Waals surface area contributed by atoms with Crippen molar-refractivity contribution in [2.45, 2.75) is 6.17 Å². The first-order chi connectivity index (χ1) is 28.2. The summed E-state index contributed by atoms with van der Waals surface area (Å²) in [6.07, 6.45) is 1.79. The fourth-order valence-electron chi connectivity index (χ4n) is 8.65. The van der Waals surface area contributed by atoms with Crippen LogP contribution in [-0.2, 0) is 0 Å². The van der Waals surface area contributed by atoms with Gasteiger partial charge in [-0.15, -0.1) is 17.0 Å². The Morgan fingerprint density at radius 2 is 1.18 bits per heavy atom. The summed E-state index contributed by atoms with van der Waals surface area (Å²) in [5.74, 6) is 0. The maximum atomic E-state index is 6.60. The summed E-state index contributed by atoms with van der Waals surface area (Å²) in [6.45, 7) is 0. The molecule has 11 aromatic rings. The number of hydrogen-bond donors (Lipinski definition) is 0. The zero-order chi connectivity index (χ0) is 37.5. The number of para-hydroxylation sites is 1. The highest BCUT2D eigenvalue weighted by Crippen LogP contribution is 2.43. The second kappa shape index (κ2) is 12.7. The van der Waals surface area contributed by atoms with Crippen LogP contribution in [0.25, 0.3) is 91.7 Å². The Hall–Kier alpha value is -7.21. The number of aliphatic imine (C=N–C) groups is 1. The van der Waals surface area contributed by atoms with E-state index in [0.29, 0.717) is 0 Å². The molecular formula is C52H32N3OS-. The topological polar surface area (TPSA) is 44.5 Å². The number of allylic oxidation sites excluding steroid dienone is 1. The summed E-state index contributed by atoms with van der Waals surface area (Å²) in [5, 5.41) is 12.3. The van der Waals surface area contributed by atoms with Gasteiger partial charge in [0.05, 0.1) is 22.1 Å². The SMILES string of the molecule is C1=C(c2ccccc2)[N-]C(c2ccccc2)N=C1c1ccc(-n2c3ccccc3c3ccc4oc5ccc(-c6ccc7sc8ccccc8c7c6)cc5c4c32)cc1. The normalized spacial score (nSPS) is 14.5. The second-order valence-electron chi connectivity index (χ2n) is 14.7. The molecule has 1 unspecified atom stereocenters. The molecule has 0 aliphatic carbocycles. The molecule has 0 saturated carbocycles. The van der Waals surface area contributed by atoms with Crippen LogP contribution in [0, 0.1) is 0 Å². The molecule has 0 bridgehead atoms. The molecule has 12 rings (SSSR count). The van der Waals surface area contributed by atoms with Gasteiger partial charge in [0.1, 0.15) is 11.2 Å². The number of rotatable bonds is 5. The Balaban J connectivity index is 1.02. The van der Waals surface area contributed by atoms with E-state index in [-0.39, 0.29) is 6.17 Å². The van der Waals surface area contributed by atoms with E-state index in [9.17, 15) is 0 Å². The molecule has 8 aromatic carbocycles. The third kappa shape index (κ3) is 5.17. The molecule has 0 fully saturated rings. The Morgan fingerprint density at radius 3 is 2.02 bits per heavy atom. The van der Waals surface area contributed by atoms with Crippen LogP contribution in [0.4, 0.5) is 0 Å². The maximum Gasteiger partial charge on any atom is 0.137 e. The summed E-state index contributed by atoms with van der Waals surface area (Å²) >= 11 is 1.85. The van der Waals surface area contributed by atoms with E-state index in [1.54, 1.807) is 0 Å². The lowest BCUT2D eigenvalue weighted by molar-refractivity contribution is 0.669. The standard InChI is InChI=1S/C52H32N3OS/c1-3-11-32(12-4-1)43-31-44(54-52(53-43)34-13-5-2-6-14-34)33-19-23-37(24-20-33)55-45-17-9-7-15-38(45)40-25-27-47-50(51(40)55)42-30-35(21-26-46(42)56-47)36-22-28-49-41(29-36)39-16-8-10-18-48(39)57-49/h1-31,52H/q-1. The van der Waals surface area contributed by atoms with Gasteiger partial charge >= 0.3 is 0 Å². The quantitative estimate of drug-likeness (QED) is 0.173. The van der Waals surface area contributed by atoms with E-state index in [2.05, 4.69) is 168 Å². The zero-order valence-electron chi connectivity index (χ0n) is 30.6. The molecule has 1 aliphatic rings. The molecule has 0 N–H and O–H groups in total. The molecule has 1 aliphatic heterocycles. The van der Waals surface area contributed by atoms with Gasteiger partial charge in [0.15, 0.2) is 0 Å². The van der Waals surface area contributed by atoms with Crippen molar-refractivity contribution < 1.29 is 4.42 Å². The molecule has 0 saturated heterocycles. The van der Waals surface area contributed by atoms with Crippen molar-refractivity contribution in [2.24, 2.45) is 4.99 Å². The molecule has 0 radical (unpaired) electrons. The number of nitrogens with zero attached hydrogens (tertiary/aromatic N) is 3. The number of benzene rings is 8. The van der Waals surface area contributed by atoms with Gasteiger partial charge in [-0.2, -0.15) is 0 Å². The van der Waals surface area contributed by atoms with Gasteiger partial charge in [0.2, 0.25) is 0 Å². The number of fused-ring (bicyclic) bond motifs is 10. The molecule has 0 amide bonds. The van der Waals surface area contributed by atoms with Crippen molar-refractivity contribution in [3.05, 3.63) is 210 Å². The maximum absolute atomic E-state index is 6.60. The third-order valence-electron chi connectivity index (χ3n) is 11.4. The van der Waals surface area contributed by atoms with E-state index in [0.717, 1.165) is 66.8 Å². The van der Waals surface area contributed by atoms with Crippen LogP contribution in [0.1, 0.15) is 22.9 Å². The molecule has 5 heteroatoms. The molecular weight excluding hydrogens is 715 g/mol. The minimum Gasteiger partial charge on any atom is -0.659 e. The number of furan rings is 1. The van der Waals surface area contributed by atoms with Gasteiger partial charge in [-0.05, 0) is 88.5 Å². The Morgan fingerprint density at radius 1 is 0.509 bits per heavy atom. The highest BCUT2D eigenvalue weighted by Gasteiger charge is 2.20. The van der Waals surface area contributed by atoms with E-state index in [1.165, 1.54) is 42.1 Å². The zero-order valence-corrected chi connectivity index (χ0v) is 31.4. The first-order valence-corrected chi connectivity index (χ1v) is 20.1. The summed E-state index contributed by atoms with van der Waals surface area (Å²) in [7, 11) is 0. The van der Waals surface area contributed by atoms with Crippen LogP contribution in [0.15, 0.2) is 197 Å². The highest BCUT2D eigenvalue weighted by atomic mass is 32.1. The fourth-order valence-corrected chi connectivity index (χ4v) is 9.73. The minimum atomic E-state index is -0.322. The lowest BCUT2D eigenvalue weighted by Gasteiger charge is -2.37. The Labute approximate surface area is 332 Å². The summed E-state index contributed by atoms with van der Waals surface area (Å²) < 4.78 is 11.6. The van der Waals surface area contributed by atoms with E-state index < -0.39 is 0 Å². The lowest BCUT2D eigenvalue weighted by atomic mass is 10.00. The van der Waals surface area contributed by atoms with Crippen molar-refractivity contribution in [1.29, 1.82) is 0 Å². The van der Waals surface area contributed by atoms with Crippen LogP contribution in [-0.4, -0.2) is 10.3 Å². The molecule has 3 aromatic heterocycles. The van der Waals surface area contributed by atoms with Gasteiger partial charge < -0.3 is 14.3 Å². The van der Waals surface area contributed by atoms with Crippen LogP contribution >= 0.6 is 11.3 Å². The van der Waals surface area contributed by atoms with Gasteiger partial charge in [-0.1, -0.05) is 127 Å². The van der Waals surface area contributed by atoms with E-state index in [1.807, 2.05) is 35.6 Å². The van der Waals surface area contributed by atoms with Crippen molar-refractivity contribution in [2.75, 3.05) is 0 Å². The minimum absolute atomic E-state index is 0.322. The predicted octanol–water partition coefficient (Wildman–Crippen LogP) is 14.6. The molecule has 1 atom stereocenters. The van der Waals surface area contributed by atoms with Crippen molar-refractivity contribution in [3.8, 4) is 16.8 Å². The number of thiophene rings is 1. The number of hydrogen-bond acceptors (Lipinski definition) is 3. The molecule has 4 nitrogen and oxygen atoms in total. The first-order valence-electron chi connectivity index (χ1n) is 19.3. The van der Waals surface area contributed by atoms with Gasteiger partial charge in [-0.25, -0.2) is 0 Å². The fraction of sp³-hybridized carbons (Fsp3) is 0.0192. The van der Waals surface area contributed by atoms with E-state index >= 15 is 0 Å². The monoisotopic (exact) mass is 746 g/mol. The largest absolute Gasteiger partial charge is 0.659 e. The van der Waals surface area contributed by atoms with Gasteiger partial charge in [0.25, 0.3) is 0 Å². The molecule has 268 valence electrons. The third-order valence-corrected chi connectivity index (χ3v) is 12.5. The van der Waals surface area contributed by atoms with Crippen molar-refractivity contribution in [3.63, 3.8) is 0 Å². The average Bonchev–Trinajstić information content (AvgIpc) is 3.96. The summed E-state index contributed by atoms with van der Waals surface area (Å²) in [4.78, 5) is 5.18. The van der Waals surface area contributed by atoms with Crippen molar-refractivity contribution >= 4 is 86.7 Å². The van der Waals surface area contributed by atoms with Crippen LogP contribution in [0.3, 0.4) is 0 Å². The van der Waals surface area contributed by atoms with Crippen LogP contribution in [0.5, 0.6) is 0 Å². The number of aromatic nitrogens is 1. The van der Waals surface area contributed by atoms with Gasteiger partial charge in [0, 0.05) is 48.2 Å². The Kier molecular flexibility index (Phi) is 7.13. The smallest absolute Gasteiger partial charge is 0.137 e. The molecule has 4 heterocycles. The average molecular weight is 747 g/mol. The lowest BCUT2D eigenvalue weighted by Crippen LogP contribution is -2.09.